The number of carbonyl (C=O) groups is 1. The summed E-state index contributed by atoms with van der Waals surface area (Å²) in [6.45, 7) is 11.0. The molecule has 2 aliphatic rings. The van der Waals surface area contributed by atoms with E-state index in [2.05, 4.69) is 44.7 Å². The summed E-state index contributed by atoms with van der Waals surface area (Å²) in [5.74, 6) is 1.37. The highest BCUT2D eigenvalue weighted by Gasteiger charge is 2.28. The predicted octanol–water partition coefficient (Wildman–Crippen LogP) is 2.61. The van der Waals surface area contributed by atoms with Crippen LogP contribution in [0.4, 0.5) is 5.69 Å². The number of pyridine rings is 2. The highest BCUT2D eigenvalue weighted by atomic mass is 16.1. The van der Waals surface area contributed by atoms with E-state index in [0.717, 1.165) is 68.0 Å². The van der Waals surface area contributed by atoms with Gasteiger partial charge >= 0.3 is 0 Å². The summed E-state index contributed by atoms with van der Waals surface area (Å²) in [7, 11) is 2.15. The number of rotatable bonds is 5. The van der Waals surface area contributed by atoms with Crippen molar-refractivity contribution in [3.05, 3.63) is 30.2 Å². The Morgan fingerprint density at radius 2 is 1.97 bits per heavy atom. The Morgan fingerprint density at radius 3 is 2.76 bits per heavy atom. The van der Waals surface area contributed by atoms with Crippen molar-refractivity contribution in [1.82, 2.24) is 19.8 Å². The van der Waals surface area contributed by atoms with Crippen LogP contribution < -0.4 is 4.90 Å². The molecule has 0 bridgehead atoms. The molecule has 2 atom stereocenters. The summed E-state index contributed by atoms with van der Waals surface area (Å²) in [5, 5.41) is 1.16. The van der Waals surface area contributed by atoms with E-state index >= 15 is 0 Å². The first-order chi connectivity index (χ1) is 14.0. The van der Waals surface area contributed by atoms with E-state index in [0.29, 0.717) is 30.6 Å². The number of anilines is 1. The maximum Gasteiger partial charge on any atom is 0.147 e. The van der Waals surface area contributed by atoms with Crippen molar-refractivity contribution in [1.29, 1.82) is 0 Å². The third-order valence-electron chi connectivity index (χ3n) is 6.41. The molecular weight excluding hydrogens is 362 g/mol. The Labute approximate surface area is 173 Å². The number of likely N-dealkylation sites (N-methyl/N-ethyl adjacent to an activating group) is 1. The number of nitrogens with zero attached hydrogens (tertiary/aromatic N) is 5. The van der Waals surface area contributed by atoms with Gasteiger partial charge in [-0.2, -0.15) is 0 Å². The summed E-state index contributed by atoms with van der Waals surface area (Å²) in [4.78, 5) is 29.0. The first-order valence-electron chi connectivity index (χ1n) is 10.9. The molecule has 2 aromatic heterocycles. The van der Waals surface area contributed by atoms with E-state index in [4.69, 9.17) is 0 Å². The lowest BCUT2D eigenvalue weighted by atomic mass is 9.86. The van der Waals surface area contributed by atoms with Gasteiger partial charge in [0.25, 0.3) is 0 Å². The van der Waals surface area contributed by atoms with E-state index in [1.165, 1.54) is 0 Å². The molecule has 6 heteroatoms. The summed E-state index contributed by atoms with van der Waals surface area (Å²) in [6.07, 6.45) is 5.63. The highest BCUT2D eigenvalue weighted by molar-refractivity contribution is 5.92. The molecule has 0 radical (unpaired) electrons. The van der Waals surface area contributed by atoms with E-state index < -0.39 is 0 Å². The van der Waals surface area contributed by atoms with Crippen molar-refractivity contribution in [3.8, 4) is 0 Å². The molecule has 2 saturated heterocycles. The monoisotopic (exact) mass is 395 g/mol. The maximum atomic E-state index is 12.8. The Bertz CT molecular complexity index is 861. The minimum atomic E-state index is 0.391. The van der Waals surface area contributed by atoms with Gasteiger partial charge in [-0.05, 0) is 44.4 Å². The van der Waals surface area contributed by atoms with Crippen LogP contribution >= 0.6 is 0 Å². The zero-order valence-electron chi connectivity index (χ0n) is 18.0. The number of hydrogen-bond donors (Lipinski definition) is 0. The molecule has 2 aromatic rings. The molecule has 156 valence electrons. The van der Waals surface area contributed by atoms with Gasteiger partial charge in [0.2, 0.25) is 0 Å². The molecule has 29 heavy (non-hydrogen) atoms. The van der Waals surface area contributed by atoms with Crippen LogP contribution in [-0.4, -0.2) is 78.4 Å². The highest BCUT2D eigenvalue weighted by Crippen LogP contribution is 2.32. The Morgan fingerprint density at radius 1 is 1.17 bits per heavy atom. The molecule has 0 unspecified atom stereocenters. The van der Waals surface area contributed by atoms with Crippen LogP contribution in [0.1, 0.15) is 25.5 Å². The van der Waals surface area contributed by atoms with Gasteiger partial charge in [0, 0.05) is 57.3 Å². The van der Waals surface area contributed by atoms with Gasteiger partial charge in [0.05, 0.1) is 29.6 Å². The molecular formula is C23H33N5O. The molecule has 0 aliphatic carbocycles. The summed E-state index contributed by atoms with van der Waals surface area (Å²) in [6, 6.07) is 4.13. The van der Waals surface area contributed by atoms with Crippen LogP contribution in [0.3, 0.4) is 0 Å². The molecule has 2 fully saturated rings. The lowest BCUT2D eigenvalue weighted by Gasteiger charge is -2.38. The van der Waals surface area contributed by atoms with Crippen molar-refractivity contribution in [2.75, 3.05) is 57.8 Å². The second-order valence-electron chi connectivity index (χ2n) is 9.06. The Hall–Kier alpha value is -2.05. The van der Waals surface area contributed by atoms with Crippen molar-refractivity contribution in [3.63, 3.8) is 0 Å². The van der Waals surface area contributed by atoms with Crippen molar-refractivity contribution in [2.24, 2.45) is 11.8 Å². The van der Waals surface area contributed by atoms with Gasteiger partial charge < -0.3 is 9.80 Å². The van der Waals surface area contributed by atoms with Crippen LogP contribution in [0.2, 0.25) is 0 Å². The van der Waals surface area contributed by atoms with Crippen molar-refractivity contribution in [2.45, 2.75) is 26.7 Å². The maximum absolute atomic E-state index is 12.8. The number of aromatic nitrogens is 2. The molecule has 0 aromatic carbocycles. The summed E-state index contributed by atoms with van der Waals surface area (Å²) >= 11 is 0. The van der Waals surface area contributed by atoms with Crippen LogP contribution in [0.5, 0.6) is 0 Å². The van der Waals surface area contributed by atoms with E-state index in [1.54, 1.807) is 0 Å². The number of hydrogen-bond acceptors (Lipinski definition) is 6. The number of ketones is 1. The molecule has 0 spiro atoms. The summed E-state index contributed by atoms with van der Waals surface area (Å²) in [5.41, 5.74) is 3.10. The number of piperazine rings is 1. The van der Waals surface area contributed by atoms with E-state index in [-0.39, 0.29) is 0 Å². The average Bonchev–Trinajstić information content (AvgIpc) is 2.70. The fourth-order valence-corrected chi connectivity index (χ4v) is 4.91. The second-order valence-corrected chi connectivity index (χ2v) is 9.06. The average molecular weight is 396 g/mol. The van der Waals surface area contributed by atoms with Gasteiger partial charge in [-0.3, -0.25) is 19.7 Å². The third-order valence-corrected chi connectivity index (χ3v) is 6.41. The zero-order chi connectivity index (χ0) is 20.4. The number of piperidine rings is 1. The van der Waals surface area contributed by atoms with Crippen molar-refractivity contribution >= 4 is 22.4 Å². The Balaban J connectivity index is 1.43. The van der Waals surface area contributed by atoms with Gasteiger partial charge in [-0.25, -0.2) is 0 Å². The predicted molar refractivity (Wildman–Crippen MR) is 117 cm³/mol. The minimum Gasteiger partial charge on any atom is -0.369 e. The lowest BCUT2D eigenvalue weighted by molar-refractivity contribution is -0.121. The first kappa shape index (κ1) is 20.2. The minimum absolute atomic E-state index is 0.391. The van der Waals surface area contributed by atoms with Gasteiger partial charge in [-0.15, -0.1) is 0 Å². The third kappa shape index (κ3) is 4.75. The van der Waals surface area contributed by atoms with E-state index in [9.17, 15) is 4.79 Å². The van der Waals surface area contributed by atoms with Gasteiger partial charge in [0.1, 0.15) is 5.78 Å². The second kappa shape index (κ2) is 8.76. The van der Waals surface area contributed by atoms with Crippen molar-refractivity contribution < 1.29 is 4.79 Å². The largest absolute Gasteiger partial charge is 0.369 e. The number of aryl methyl sites for hydroxylation is 1. The van der Waals surface area contributed by atoms with Gasteiger partial charge in [0.15, 0.2) is 0 Å². The zero-order valence-corrected chi connectivity index (χ0v) is 18.0. The summed E-state index contributed by atoms with van der Waals surface area (Å²) < 4.78 is 0. The molecule has 2 aliphatic heterocycles. The standard InChI is InChI=1S/C23H33N5O/c1-17-11-19(12-20(29)16-27-9-7-26(3)8-10-27)15-28(14-17)22-13-25-18(2)23-21(22)5-4-6-24-23/h4-6,13,17,19H,7-12,14-16H2,1-3H3/t17-,19-/m0/s1. The molecule has 4 rings (SSSR count). The quantitative estimate of drug-likeness (QED) is 0.776. The normalized spacial score (nSPS) is 24.2. The number of fused-ring (bicyclic) bond motifs is 1. The Kier molecular flexibility index (Phi) is 6.11. The SMILES string of the molecule is Cc1ncc(N2C[C@@H](C)C[C@@H](CC(=O)CN3CCN(C)CC3)C2)c2cccnc12. The van der Waals surface area contributed by atoms with Crippen LogP contribution in [-0.2, 0) is 4.79 Å². The van der Waals surface area contributed by atoms with Crippen LogP contribution in [0.15, 0.2) is 24.5 Å². The van der Waals surface area contributed by atoms with Gasteiger partial charge in [-0.1, -0.05) is 6.92 Å². The van der Waals surface area contributed by atoms with Crippen LogP contribution in [0.25, 0.3) is 10.9 Å². The molecule has 0 N–H and O–H groups in total. The molecule has 0 amide bonds. The molecule has 0 saturated carbocycles. The number of Topliss-reactive ketones (excluding diaryl/α,β-unsaturated/α-hetero) is 1. The molecule has 4 heterocycles. The first-order valence-corrected chi connectivity index (χ1v) is 10.9. The topological polar surface area (TPSA) is 52.6 Å². The lowest BCUT2D eigenvalue weighted by Crippen LogP contribution is -2.47. The smallest absolute Gasteiger partial charge is 0.147 e. The molecule has 6 nitrogen and oxygen atoms in total. The van der Waals surface area contributed by atoms with Crippen LogP contribution in [0, 0.1) is 18.8 Å². The fraction of sp³-hybridized carbons (Fsp3) is 0.609. The van der Waals surface area contributed by atoms with E-state index in [1.807, 2.05) is 25.4 Å². The number of carbonyl (C=O) groups excluding carboxylic acids is 1. The fourth-order valence-electron chi connectivity index (χ4n) is 4.91.